The molecule has 1 atom stereocenters. The summed E-state index contributed by atoms with van der Waals surface area (Å²) in [5.74, 6) is 0.361. The summed E-state index contributed by atoms with van der Waals surface area (Å²) < 4.78 is 36.7. The molecule has 0 bridgehead atoms. The molecule has 1 aliphatic rings. The lowest BCUT2D eigenvalue weighted by molar-refractivity contribution is -0.136. The number of nitrogens with one attached hydrogen (secondary N) is 1. The van der Waals surface area contributed by atoms with Crippen molar-refractivity contribution < 1.29 is 18.0 Å². The Bertz CT molecular complexity index is 580. The normalized spacial score (nSPS) is 18.7. The van der Waals surface area contributed by atoms with Crippen molar-refractivity contribution in [2.45, 2.75) is 51.2 Å². The number of rotatable bonds is 8. The quantitative estimate of drug-likeness (QED) is 0.692. The van der Waals surface area contributed by atoms with Crippen molar-refractivity contribution in [3.05, 3.63) is 34.9 Å². The monoisotopic (exact) mass is 390 g/mol. The zero-order valence-corrected chi connectivity index (χ0v) is 15.6. The molecule has 0 aromatic heterocycles. The standard InChI is InChI=1S/C19H26ClF3N2O/c20-17-7-2-1-6-16(17)13-24-18(26)9-8-15-5-3-11-25(14-15)12-4-10-19(21,22)23/h1-2,6-7,15H,3-5,8-14H2,(H,24,26)/t15-/m1/s1. The van der Waals surface area contributed by atoms with Gasteiger partial charge in [-0.25, -0.2) is 0 Å². The molecule has 1 amide bonds. The zero-order valence-electron chi connectivity index (χ0n) is 14.8. The van der Waals surface area contributed by atoms with Crippen molar-refractivity contribution in [2.75, 3.05) is 19.6 Å². The molecule has 1 heterocycles. The topological polar surface area (TPSA) is 32.3 Å². The second-order valence-electron chi connectivity index (χ2n) is 6.93. The zero-order chi connectivity index (χ0) is 19.0. The number of nitrogens with zero attached hydrogens (tertiary/aromatic N) is 1. The van der Waals surface area contributed by atoms with Crippen LogP contribution in [0.25, 0.3) is 0 Å². The highest BCUT2D eigenvalue weighted by Gasteiger charge is 2.27. The number of halogens is 4. The Kier molecular flexibility index (Phi) is 8.22. The van der Waals surface area contributed by atoms with Crippen molar-refractivity contribution in [2.24, 2.45) is 5.92 Å². The molecule has 26 heavy (non-hydrogen) atoms. The van der Waals surface area contributed by atoms with Crippen LogP contribution in [0.1, 0.15) is 44.1 Å². The summed E-state index contributed by atoms with van der Waals surface area (Å²) in [6.45, 7) is 2.53. The summed E-state index contributed by atoms with van der Waals surface area (Å²) in [4.78, 5) is 14.1. The van der Waals surface area contributed by atoms with Crippen LogP contribution < -0.4 is 5.32 Å². The summed E-state index contributed by atoms with van der Waals surface area (Å²) in [5.41, 5.74) is 0.885. The van der Waals surface area contributed by atoms with Gasteiger partial charge in [0.15, 0.2) is 0 Å². The van der Waals surface area contributed by atoms with Crippen LogP contribution in [0.3, 0.4) is 0 Å². The van der Waals surface area contributed by atoms with Gasteiger partial charge in [-0.1, -0.05) is 29.8 Å². The highest BCUT2D eigenvalue weighted by atomic mass is 35.5. The smallest absolute Gasteiger partial charge is 0.352 e. The molecule has 0 radical (unpaired) electrons. The maximum Gasteiger partial charge on any atom is 0.389 e. The molecule has 3 nitrogen and oxygen atoms in total. The van der Waals surface area contributed by atoms with E-state index in [-0.39, 0.29) is 12.3 Å². The average Bonchev–Trinajstić information content (AvgIpc) is 2.58. The number of hydrogen-bond acceptors (Lipinski definition) is 2. The Morgan fingerprint density at radius 3 is 2.81 bits per heavy atom. The molecular formula is C19H26ClF3N2O. The first kappa shape index (κ1) is 21.0. The van der Waals surface area contributed by atoms with Crippen molar-refractivity contribution in [3.8, 4) is 0 Å². The van der Waals surface area contributed by atoms with Gasteiger partial charge in [-0.2, -0.15) is 13.2 Å². The number of carbonyl (C=O) groups is 1. The minimum atomic E-state index is -4.07. The molecule has 0 unspecified atom stereocenters. The van der Waals surface area contributed by atoms with Gasteiger partial charge < -0.3 is 10.2 Å². The molecule has 1 saturated heterocycles. The van der Waals surface area contributed by atoms with Gasteiger partial charge in [0.2, 0.25) is 5.91 Å². The Balaban J connectivity index is 1.65. The molecule has 1 aliphatic heterocycles. The molecule has 0 aliphatic carbocycles. The van der Waals surface area contributed by atoms with Gasteiger partial charge in [0.1, 0.15) is 0 Å². The second kappa shape index (κ2) is 10.2. The van der Waals surface area contributed by atoms with Crippen LogP contribution in [0.4, 0.5) is 13.2 Å². The number of hydrogen-bond donors (Lipinski definition) is 1. The molecule has 2 rings (SSSR count). The summed E-state index contributed by atoms with van der Waals surface area (Å²) in [5, 5.41) is 3.51. The van der Waals surface area contributed by atoms with Gasteiger partial charge in [0.05, 0.1) is 0 Å². The van der Waals surface area contributed by atoms with E-state index < -0.39 is 12.6 Å². The summed E-state index contributed by atoms with van der Waals surface area (Å²) in [6, 6.07) is 7.39. The Hall–Kier alpha value is -1.27. The fraction of sp³-hybridized carbons (Fsp3) is 0.632. The Morgan fingerprint density at radius 2 is 2.08 bits per heavy atom. The van der Waals surface area contributed by atoms with Crippen LogP contribution in [0, 0.1) is 5.92 Å². The van der Waals surface area contributed by atoms with Crippen molar-refractivity contribution in [1.29, 1.82) is 0 Å². The number of carbonyl (C=O) groups excluding carboxylic acids is 1. The van der Waals surface area contributed by atoms with Crippen LogP contribution in [-0.2, 0) is 11.3 Å². The highest BCUT2D eigenvalue weighted by molar-refractivity contribution is 6.31. The molecule has 1 N–H and O–H groups in total. The molecule has 0 spiro atoms. The van der Waals surface area contributed by atoms with Crippen molar-refractivity contribution in [3.63, 3.8) is 0 Å². The van der Waals surface area contributed by atoms with E-state index in [1.165, 1.54) is 0 Å². The highest BCUT2D eigenvalue weighted by Crippen LogP contribution is 2.24. The van der Waals surface area contributed by atoms with Crippen LogP contribution in [0.5, 0.6) is 0 Å². The van der Waals surface area contributed by atoms with Crippen LogP contribution in [0.2, 0.25) is 5.02 Å². The summed E-state index contributed by atoms with van der Waals surface area (Å²) >= 11 is 6.07. The molecular weight excluding hydrogens is 365 g/mol. The third-order valence-electron chi connectivity index (χ3n) is 4.75. The van der Waals surface area contributed by atoms with Gasteiger partial charge in [-0.05, 0) is 56.3 Å². The van der Waals surface area contributed by atoms with Crippen LogP contribution >= 0.6 is 11.6 Å². The first-order chi connectivity index (χ1) is 12.3. The van der Waals surface area contributed by atoms with Gasteiger partial charge in [-0.3, -0.25) is 4.79 Å². The van der Waals surface area contributed by atoms with Gasteiger partial charge in [-0.15, -0.1) is 0 Å². The summed E-state index contributed by atoms with van der Waals surface area (Å²) in [7, 11) is 0. The van der Waals surface area contributed by atoms with Crippen molar-refractivity contribution >= 4 is 17.5 Å². The number of amides is 1. The average molecular weight is 391 g/mol. The van der Waals surface area contributed by atoms with Gasteiger partial charge in [0, 0.05) is 31.0 Å². The van der Waals surface area contributed by atoms with E-state index >= 15 is 0 Å². The van der Waals surface area contributed by atoms with E-state index in [4.69, 9.17) is 11.6 Å². The molecule has 146 valence electrons. The van der Waals surface area contributed by atoms with E-state index in [2.05, 4.69) is 10.2 Å². The van der Waals surface area contributed by atoms with Crippen molar-refractivity contribution in [1.82, 2.24) is 10.2 Å². The molecule has 1 aromatic carbocycles. The minimum absolute atomic E-state index is 0.0147. The largest absolute Gasteiger partial charge is 0.389 e. The summed E-state index contributed by atoms with van der Waals surface area (Å²) in [6.07, 6.45) is -1.43. The third-order valence-corrected chi connectivity index (χ3v) is 5.12. The molecule has 0 saturated carbocycles. The molecule has 1 aromatic rings. The van der Waals surface area contributed by atoms with Gasteiger partial charge in [0.25, 0.3) is 0 Å². The SMILES string of the molecule is O=C(CC[C@H]1CCCN(CCCC(F)(F)F)C1)NCc1ccccc1Cl. The predicted octanol–water partition coefficient (Wildman–Crippen LogP) is 4.79. The maximum atomic E-state index is 12.2. The first-order valence-corrected chi connectivity index (χ1v) is 9.50. The second-order valence-corrected chi connectivity index (χ2v) is 7.34. The number of piperidine rings is 1. The van der Waals surface area contributed by atoms with Crippen LogP contribution in [-0.4, -0.2) is 36.6 Å². The van der Waals surface area contributed by atoms with E-state index in [0.29, 0.717) is 30.5 Å². The van der Waals surface area contributed by atoms with E-state index in [1.54, 1.807) is 6.07 Å². The number of benzene rings is 1. The lowest BCUT2D eigenvalue weighted by Gasteiger charge is -2.32. The lowest BCUT2D eigenvalue weighted by Crippen LogP contribution is -2.37. The first-order valence-electron chi connectivity index (χ1n) is 9.13. The van der Waals surface area contributed by atoms with Gasteiger partial charge >= 0.3 is 6.18 Å². The number of alkyl halides is 3. The maximum absolute atomic E-state index is 12.2. The Labute approximate surface area is 157 Å². The Morgan fingerprint density at radius 1 is 1.31 bits per heavy atom. The molecule has 1 fully saturated rings. The van der Waals surface area contributed by atoms with Crippen LogP contribution in [0.15, 0.2) is 24.3 Å². The van der Waals surface area contributed by atoms with E-state index in [9.17, 15) is 18.0 Å². The predicted molar refractivity (Wildman–Crippen MR) is 97.0 cm³/mol. The molecule has 7 heteroatoms. The third kappa shape index (κ3) is 7.96. The van der Waals surface area contributed by atoms with E-state index in [0.717, 1.165) is 37.9 Å². The minimum Gasteiger partial charge on any atom is -0.352 e. The fourth-order valence-corrected chi connectivity index (χ4v) is 3.55. The van der Waals surface area contributed by atoms with E-state index in [1.807, 2.05) is 18.2 Å². The fourth-order valence-electron chi connectivity index (χ4n) is 3.35. The number of likely N-dealkylation sites (tertiary alicyclic amines) is 1. The lowest BCUT2D eigenvalue weighted by atomic mass is 9.93.